The number of benzene rings is 1. The molecule has 1 atom stereocenters. The second kappa shape index (κ2) is 8.41. The summed E-state index contributed by atoms with van der Waals surface area (Å²) in [6.45, 7) is 2.63. The molecular weight excluding hydrogens is 401 g/mol. The molecule has 6 heteroatoms. The first-order chi connectivity index (χ1) is 9.61. The van der Waals surface area contributed by atoms with Gasteiger partial charge in [-0.1, -0.05) is 0 Å². The first kappa shape index (κ1) is 18.0. The van der Waals surface area contributed by atoms with Crippen LogP contribution in [0.25, 0.3) is 5.69 Å². The van der Waals surface area contributed by atoms with E-state index in [0.29, 0.717) is 12.2 Å². The van der Waals surface area contributed by atoms with Gasteiger partial charge in [-0.3, -0.25) is 4.79 Å². The molecule has 2 rings (SSSR count). The highest BCUT2D eigenvalue weighted by atomic mass is 127. The van der Waals surface area contributed by atoms with Crippen LogP contribution < -0.4 is 10.6 Å². The van der Waals surface area contributed by atoms with Gasteiger partial charge in [0.15, 0.2) is 0 Å². The summed E-state index contributed by atoms with van der Waals surface area (Å²) in [5.41, 5.74) is 1.64. The van der Waals surface area contributed by atoms with Crippen LogP contribution in [0.2, 0.25) is 0 Å². The number of hydrogen-bond acceptors (Lipinski definition) is 2. The van der Waals surface area contributed by atoms with Crippen molar-refractivity contribution in [3.05, 3.63) is 51.9 Å². The molecule has 0 aliphatic heterocycles. The number of hydrogen-bond donors (Lipinski definition) is 2. The van der Waals surface area contributed by atoms with Gasteiger partial charge in [-0.25, -0.2) is 0 Å². The number of nitrogens with zero attached hydrogens (tertiary/aromatic N) is 1. The maximum Gasteiger partial charge on any atom is 0.268 e. The first-order valence-electron chi connectivity index (χ1n) is 6.50. The molecule has 0 saturated heterocycles. The summed E-state index contributed by atoms with van der Waals surface area (Å²) in [5.74, 6) is -0.0596. The van der Waals surface area contributed by atoms with Crippen molar-refractivity contribution in [2.24, 2.45) is 0 Å². The normalized spacial score (nSPS) is 11.6. The first-order valence-corrected chi connectivity index (χ1v) is 7.58. The van der Waals surface area contributed by atoms with Gasteiger partial charge in [0, 0.05) is 28.0 Å². The Balaban J connectivity index is 0.00000220. The molecule has 114 valence electrons. The maximum absolute atomic E-state index is 12.2. The van der Waals surface area contributed by atoms with Gasteiger partial charge >= 0.3 is 0 Å². The standard InChI is InChI=1S/C15H18IN3O.ClH/c1-11(17-2)10-18-15(20)14-4-3-9-19(14)13-7-5-12(16)6-8-13;/h3-9,11,17H,10H2,1-2H3,(H,18,20);1H. The van der Waals surface area contributed by atoms with Crippen molar-refractivity contribution in [2.75, 3.05) is 13.6 Å². The Morgan fingerprint density at radius 3 is 2.57 bits per heavy atom. The predicted octanol–water partition coefficient (Wildman–Crippen LogP) is 2.84. The van der Waals surface area contributed by atoms with Crippen LogP contribution in [0.1, 0.15) is 17.4 Å². The smallest absolute Gasteiger partial charge is 0.268 e. The van der Waals surface area contributed by atoms with Gasteiger partial charge < -0.3 is 15.2 Å². The van der Waals surface area contributed by atoms with Gasteiger partial charge in [0.2, 0.25) is 0 Å². The van der Waals surface area contributed by atoms with E-state index in [1.807, 2.05) is 61.1 Å². The summed E-state index contributed by atoms with van der Waals surface area (Å²) in [6.07, 6.45) is 1.90. The Bertz CT molecular complexity index is 583. The molecule has 4 nitrogen and oxygen atoms in total. The van der Waals surface area contributed by atoms with Crippen molar-refractivity contribution in [1.82, 2.24) is 15.2 Å². The molecule has 0 radical (unpaired) electrons. The molecule has 1 unspecified atom stereocenters. The van der Waals surface area contributed by atoms with Crippen LogP contribution in [0.4, 0.5) is 0 Å². The molecule has 21 heavy (non-hydrogen) atoms. The molecule has 0 saturated carbocycles. The van der Waals surface area contributed by atoms with Crippen molar-refractivity contribution in [3.63, 3.8) is 0 Å². The molecule has 1 aromatic heterocycles. The second-order valence-corrected chi connectivity index (χ2v) is 5.89. The van der Waals surface area contributed by atoms with Crippen molar-refractivity contribution in [2.45, 2.75) is 13.0 Å². The topological polar surface area (TPSA) is 46.1 Å². The quantitative estimate of drug-likeness (QED) is 0.732. The van der Waals surface area contributed by atoms with Crippen LogP contribution >= 0.6 is 35.0 Å². The van der Waals surface area contributed by atoms with E-state index in [-0.39, 0.29) is 24.4 Å². The number of rotatable bonds is 5. The lowest BCUT2D eigenvalue weighted by atomic mass is 10.3. The van der Waals surface area contributed by atoms with Crippen molar-refractivity contribution < 1.29 is 4.79 Å². The summed E-state index contributed by atoms with van der Waals surface area (Å²) in [4.78, 5) is 12.2. The molecule has 1 heterocycles. The van der Waals surface area contributed by atoms with Crippen molar-refractivity contribution >= 4 is 40.9 Å². The van der Waals surface area contributed by atoms with Crippen LogP contribution in [0, 0.1) is 3.57 Å². The van der Waals surface area contributed by atoms with E-state index in [1.54, 1.807) is 0 Å². The highest BCUT2D eigenvalue weighted by Crippen LogP contribution is 2.14. The lowest BCUT2D eigenvalue weighted by molar-refractivity contribution is 0.0944. The molecule has 1 amide bonds. The SMILES string of the molecule is CNC(C)CNC(=O)c1cccn1-c1ccc(I)cc1.Cl. The van der Waals surface area contributed by atoms with Crippen LogP contribution in [0.3, 0.4) is 0 Å². The van der Waals surface area contributed by atoms with Crippen molar-refractivity contribution in [1.29, 1.82) is 0 Å². The van der Waals surface area contributed by atoms with Crippen molar-refractivity contribution in [3.8, 4) is 5.69 Å². The monoisotopic (exact) mass is 419 g/mol. The zero-order valence-electron chi connectivity index (χ0n) is 12.0. The van der Waals surface area contributed by atoms with E-state index in [4.69, 9.17) is 0 Å². The second-order valence-electron chi connectivity index (χ2n) is 4.64. The van der Waals surface area contributed by atoms with E-state index in [0.717, 1.165) is 5.69 Å². The number of amides is 1. The number of nitrogens with one attached hydrogen (secondary N) is 2. The molecule has 0 aliphatic rings. The Morgan fingerprint density at radius 2 is 1.95 bits per heavy atom. The molecule has 0 aliphatic carbocycles. The fourth-order valence-corrected chi connectivity index (χ4v) is 2.19. The minimum absolute atomic E-state index is 0. The zero-order chi connectivity index (χ0) is 14.5. The zero-order valence-corrected chi connectivity index (χ0v) is 14.9. The summed E-state index contributed by atoms with van der Waals surface area (Å²) in [7, 11) is 1.88. The molecule has 0 fully saturated rings. The van der Waals surface area contributed by atoms with E-state index in [2.05, 4.69) is 33.2 Å². The summed E-state index contributed by atoms with van der Waals surface area (Å²) in [5, 5.41) is 6.03. The summed E-state index contributed by atoms with van der Waals surface area (Å²) >= 11 is 2.27. The average molecular weight is 420 g/mol. The molecule has 1 aromatic carbocycles. The lowest BCUT2D eigenvalue weighted by Crippen LogP contribution is -2.37. The highest BCUT2D eigenvalue weighted by molar-refractivity contribution is 14.1. The fraction of sp³-hybridized carbons (Fsp3) is 0.267. The Morgan fingerprint density at radius 1 is 1.29 bits per heavy atom. The minimum Gasteiger partial charge on any atom is -0.349 e. The fourth-order valence-electron chi connectivity index (χ4n) is 1.83. The third kappa shape index (κ3) is 4.72. The number of aromatic nitrogens is 1. The minimum atomic E-state index is -0.0596. The number of carbonyl (C=O) groups is 1. The van der Waals surface area contributed by atoms with Gasteiger partial charge in [0.1, 0.15) is 5.69 Å². The van der Waals surface area contributed by atoms with Crippen LogP contribution in [0.5, 0.6) is 0 Å². The summed E-state index contributed by atoms with van der Waals surface area (Å²) < 4.78 is 3.07. The number of carbonyl (C=O) groups excluding carboxylic acids is 1. The largest absolute Gasteiger partial charge is 0.349 e. The van der Waals surface area contributed by atoms with E-state index in [9.17, 15) is 4.79 Å². The highest BCUT2D eigenvalue weighted by Gasteiger charge is 2.12. The van der Waals surface area contributed by atoms with Gasteiger partial charge in [-0.05, 0) is 73.0 Å². The van der Waals surface area contributed by atoms with Crippen LogP contribution in [-0.2, 0) is 0 Å². The third-order valence-corrected chi connectivity index (χ3v) is 3.87. The Labute approximate surface area is 144 Å². The average Bonchev–Trinajstić information content (AvgIpc) is 2.94. The summed E-state index contributed by atoms with van der Waals surface area (Å²) in [6, 6.07) is 12.0. The van der Waals surface area contributed by atoms with Crippen LogP contribution in [-0.4, -0.2) is 30.1 Å². The molecule has 2 N–H and O–H groups in total. The maximum atomic E-state index is 12.2. The van der Waals surface area contributed by atoms with Gasteiger partial charge in [-0.15, -0.1) is 12.4 Å². The molecule has 2 aromatic rings. The van der Waals surface area contributed by atoms with Crippen LogP contribution in [0.15, 0.2) is 42.6 Å². The third-order valence-electron chi connectivity index (χ3n) is 3.15. The van der Waals surface area contributed by atoms with Gasteiger partial charge in [-0.2, -0.15) is 0 Å². The Kier molecular flexibility index (Phi) is 7.21. The van der Waals surface area contributed by atoms with E-state index in [1.165, 1.54) is 3.57 Å². The number of halogens is 2. The molecular formula is C15H19ClIN3O. The number of likely N-dealkylation sites (N-methyl/N-ethyl adjacent to an activating group) is 1. The molecule has 0 spiro atoms. The Hall–Kier alpha value is -1.05. The van der Waals surface area contributed by atoms with E-state index < -0.39 is 0 Å². The lowest BCUT2D eigenvalue weighted by Gasteiger charge is -2.13. The molecule has 0 bridgehead atoms. The van der Waals surface area contributed by atoms with Gasteiger partial charge in [0.25, 0.3) is 5.91 Å². The van der Waals surface area contributed by atoms with E-state index >= 15 is 0 Å². The van der Waals surface area contributed by atoms with Gasteiger partial charge in [0.05, 0.1) is 0 Å². The predicted molar refractivity (Wildman–Crippen MR) is 96.6 cm³/mol.